The van der Waals surface area contributed by atoms with Crippen molar-refractivity contribution in [3.8, 4) is 0 Å². The minimum Gasteiger partial charge on any atom is -0.480 e. The summed E-state index contributed by atoms with van der Waals surface area (Å²) in [5.41, 5.74) is 0.259. The van der Waals surface area contributed by atoms with Crippen molar-refractivity contribution in [2.24, 2.45) is 0 Å². The minimum atomic E-state index is -4.16. The first kappa shape index (κ1) is 15.9. The molecule has 0 amide bonds. The van der Waals surface area contributed by atoms with E-state index in [1.807, 2.05) is 0 Å². The Balaban J connectivity index is 2.41. The molecule has 2 aromatic carbocycles. The number of carboxylic acids is 1. The molecule has 0 spiro atoms. The maximum absolute atomic E-state index is 12.4. The molecule has 0 saturated heterocycles. The molecule has 6 nitrogen and oxygen atoms in total. The second kappa shape index (κ2) is 6.50. The Morgan fingerprint density at radius 1 is 1.05 bits per heavy atom. The summed E-state index contributed by atoms with van der Waals surface area (Å²) >= 11 is 0. The molecule has 0 aromatic heterocycles. The second-order valence-corrected chi connectivity index (χ2v) is 6.14. The Hall–Kier alpha value is -2.51. The number of sulfonamides is 1. The highest BCUT2D eigenvalue weighted by Crippen LogP contribution is 2.19. The van der Waals surface area contributed by atoms with Crippen molar-refractivity contribution in [1.82, 2.24) is 4.72 Å². The Labute approximate surface area is 127 Å². The van der Waals surface area contributed by atoms with Gasteiger partial charge in [0.2, 0.25) is 10.0 Å². The van der Waals surface area contributed by atoms with Crippen LogP contribution in [0.2, 0.25) is 0 Å². The molecule has 2 N–H and O–H groups in total. The van der Waals surface area contributed by atoms with Gasteiger partial charge in [0.1, 0.15) is 6.04 Å². The number of hydrogen-bond acceptors (Lipinski definition) is 4. The van der Waals surface area contributed by atoms with Gasteiger partial charge in [-0.25, -0.2) is 8.42 Å². The topological polar surface area (TPSA) is 101 Å². The molecule has 2 aromatic rings. The molecule has 0 aliphatic rings. The number of benzene rings is 2. The second-order valence-electron chi connectivity index (χ2n) is 4.46. The van der Waals surface area contributed by atoms with Crippen LogP contribution in [-0.4, -0.2) is 25.8 Å². The molecule has 0 saturated carbocycles. The summed E-state index contributed by atoms with van der Waals surface area (Å²) < 4.78 is 26.8. The largest absolute Gasteiger partial charge is 0.480 e. The van der Waals surface area contributed by atoms with Gasteiger partial charge in [0.05, 0.1) is 4.90 Å². The molecule has 22 heavy (non-hydrogen) atoms. The van der Waals surface area contributed by atoms with Crippen LogP contribution in [0.3, 0.4) is 0 Å². The van der Waals surface area contributed by atoms with Gasteiger partial charge in [-0.05, 0) is 11.6 Å². The molecule has 114 valence electrons. The Kier molecular flexibility index (Phi) is 4.69. The van der Waals surface area contributed by atoms with Crippen molar-refractivity contribution in [3.05, 3.63) is 65.7 Å². The predicted octanol–water partition coefficient (Wildman–Crippen LogP) is 1.60. The SMILES string of the molecule is O=Cc1ccccc1S(=O)(=O)NC(C(=O)O)c1ccccc1. The molecule has 0 radical (unpaired) electrons. The third kappa shape index (κ3) is 3.38. The van der Waals surface area contributed by atoms with Gasteiger partial charge in [-0.2, -0.15) is 4.72 Å². The summed E-state index contributed by atoms with van der Waals surface area (Å²) in [6.07, 6.45) is 0.410. The molecular formula is C15H13NO5S. The molecular weight excluding hydrogens is 306 g/mol. The van der Waals surface area contributed by atoms with E-state index in [0.717, 1.165) is 0 Å². The lowest BCUT2D eigenvalue weighted by Crippen LogP contribution is -2.34. The van der Waals surface area contributed by atoms with Gasteiger partial charge in [-0.1, -0.05) is 48.5 Å². The standard InChI is InChI=1S/C15H13NO5S/c17-10-12-8-4-5-9-13(12)22(20,21)16-14(15(18)19)11-6-2-1-3-7-11/h1-10,14,16H,(H,18,19). The van der Waals surface area contributed by atoms with Crippen molar-refractivity contribution >= 4 is 22.3 Å². The van der Waals surface area contributed by atoms with Gasteiger partial charge < -0.3 is 5.11 Å². The molecule has 0 bridgehead atoms. The van der Waals surface area contributed by atoms with Crippen molar-refractivity contribution < 1.29 is 23.1 Å². The number of hydrogen-bond donors (Lipinski definition) is 2. The van der Waals surface area contributed by atoms with Crippen LogP contribution in [0.1, 0.15) is 22.0 Å². The van der Waals surface area contributed by atoms with Crippen LogP contribution in [0, 0.1) is 0 Å². The fourth-order valence-corrected chi connectivity index (χ4v) is 3.31. The van der Waals surface area contributed by atoms with E-state index in [-0.39, 0.29) is 10.5 Å². The molecule has 0 heterocycles. The summed E-state index contributed by atoms with van der Waals surface area (Å²) in [7, 11) is -4.16. The summed E-state index contributed by atoms with van der Waals surface area (Å²) in [4.78, 5) is 22.1. The van der Waals surface area contributed by atoms with Crippen LogP contribution in [0.25, 0.3) is 0 Å². The Morgan fingerprint density at radius 3 is 2.23 bits per heavy atom. The molecule has 1 unspecified atom stereocenters. The molecule has 0 aliphatic carbocycles. The Morgan fingerprint density at radius 2 is 1.64 bits per heavy atom. The zero-order chi connectivity index (χ0) is 16.2. The van der Waals surface area contributed by atoms with E-state index in [2.05, 4.69) is 4.72 Å². The highest BCUT2D eigenvalue weighted by Gasteiger charge is 2.28. The van der Waals surface area contributed by atoms with Crippen molar-refractivity contribution in [2.45, 2.75) is 10.9 Å². The maximum Gasteiger partial charge on any atom is 0.326 e. The van der Waals surface area contributed by atoms with Gasteiger partial charge in [0.15, 0.2) is 6.29 Å². The zero-order valence-corrected chi connectivity index (χ0v) is 12.2. The van der Waals surface area contributed by atoms with Gasteiger partial charge >= 0.3 is 5.97 Å². The summed E-state index contributed by atoms with van der Waals surface area (Å²) in [6, 6.07) is 12.1. The average molecular weight is 319 g/mol. The number of nitrogens with one attached hydrogen (secondary N) is 1. The monoisotopic (exact) mass is 319 g/mol. The number of carbonyl (C=O) groups excluding carboxylic acids is 1. The van der Waals surface area contributed by atoms with E-state index in [9.17, 15) is 23.1 Å². The first-order chi connectivity index (χ1) is 10.5. The average Bonchev–Trinajstić information content (AvgIpc) is 2.53. The number of carbonyl (C=O) groups is 2. The lowest BCUT2D eigenvalue weighted by molar-refractivity contribution is -0.139. The minimum absolute atomic E-state index is 0.0350. The third-order valence-corrected chi connectivity index (χ3v) is 4.49. The number of rotatable bonds is 6. The molecule has 2 rings (SSSR count). The first-order valence-corrected chi connectivity index (χ1v) is 7.78. The maximum atomic E-state index is 12.4. The van der Waals surface area contributed by atoms with Crippen LogP contribution in [0.5, 0.6) is 0 Å². The van der Waals surface area contributed by atoms with E-state index >= 15 is 0 Å². The molecule has 1 atom stereocenters. The molecule has 0 fully saturated rings. The summed E-state index contributed by atoms with van der Waals surface area (Å²) in [5, 5.41) is 9.27. The normalized spacial score (nSPS) is 12.5. The van der Waals surface area contributed by atoms with Crippen molar-refractivity contribution in [3.63, 3.8) is 0 Å². The van der Waals surface area contributed by atoms with Gasteiger partial charge in [-0.3, -0.25) is 9.59 Å². The van der Waals surface area contributed by atoms with E-state index in [1.54, 1.807) is 18.2 Å². The Bertz CT molecular complexity index is 787. The quantitative estimate of drug-likeness (QED) is 0.788. The van der Waals surface area contributed by atoms with Crippen molar-refractivity contribution in [1.29, 1.82) is 0 Å². The predicted molar refractivity (Wildman–Crippen MR) is 79.0 cm³/mol. The van der Waals surface area contributed by atoms with E-state index in [4.69, 9.17) is 0 Å². The highest BCUT2D eigenvalue weighted by molar-refractivity contribution is 7.89. The molecule has 0 aliphatic heterocycles. The third-order valence-electron chi connectivity index (χ3n) is 2.99. The highest BCUT2D eigenvalue weighted by atomic mass is 32.2. The van der Waals surface area contributed by atoms with Gasteiger partial charge in [-0.15, -0.1) is 0 Å². The molecule has 7 heteroatoms. The fraction of sp³-hybridized carbons (Fsp3) is 0.0667. The van der Waals surface area contributed by atoms with Crippen LogP contribution in [0.4, 0.5) is 0 Å². The summed E-state index contributed by atoms with van der Waals surface area (Å²) in [6.45, 7) is 0. The van der Waals surface area contributed by atoms with E-state index < -0.39 is 22.0 Å². The smallest absolute Gasteiger partial charge is 0.326 e. The first-order valence-electron chi connectivity index (χ1n) is 6.30. The van der Waals surface area contributed by atoms with Gasteiger partial charge in [0, 0.05) is 5.56 Å². The van der Waals surface area contributed by atoms with Crippen LogP contribution >= 0.6 is 0 Å². The fourth-order valence-electron chi connectivity index (χ4n) is 1.95. The van der Waals surface area contributed by atoms with Gasteiger partial charge in [0.25, 0.3) is 0 Å². The van der Waals surface area contributed by atoms with E-state index in [0.29, 0.717) is 11.8 Å². The lowest BCUT2D eigenvalue weighted by Gasteiger charge is -2.16. The number of carboxylic acid groups (broad SMARTS) is 1. The zero-order valence-electron chi connectivity index (χ0n) is 11.3. The van der Waals surface area contributed by atoms with Crippen LogP contribution < -0.4 is 4.72 Å². The van der Waals surface area contributed by atoms with Crippen molar-refractivity contribution in [2.75, 3.05) is 0 Å². The van der Waals surface area contributed by atoms with Crippen LogP contribution in [0.15, 0.2) is 59.5 Å². The van der Waals surface area contributed by atoms with Crippen LogP contribution in [-0.2, 0) is 14.8 Å². The summed E-state index contributed by atoms with van der Waals surface area (Å²) in [5.74, 6) is -1.33. The lowest BCUT2D eigenvalue weighted by atomic mass is 10.1. The number of aldehydes is 1. The van der Waals surface area contributed by atoms with E-state index in [1.165, 1.54) is 36.4 Å². The number of aliphatic carboxylic acids is 1.